The second kappa shape index (κ2) is 41.9. The number of hydrogen-bond acceptors (Lipinski definition) is 27. The van der Waals surface area contributed by atoms with Gasteiger partial charge in [-0.15, -0.1) is 0 Å². The summed E-state index contributed by atoms with van der Waals surface area (Å²) in [6.45, 7) is 10.8. The predicted octanol–water partition coefficient (Wildman–Crippen LogP) is 3.75. The average molecular weight is 1740 g/mol. The second-order valence-corrected chi connectivity index (χ2v) is 32.8. The molecule has 0 radical (unpaired) electrons. The SMILES string of the molecule is CCCCCCCCCCNCCN[C@@]1(C)C[C@H](O[C@H]2[C@H](Oc3c4cc5cc3Oc3ccc(cc3Cl)[C@@H](O)[C@@H](NC(=O)[C@@H](CC(C)C)NC)C(=O)N[C@@H](CC(N)=O)C(=O)N[C@H]5C(=O)N[C@H]3C(=O)N[C@H](C(=O)N[C@H](C(=O)NCCCn5ccnc5)c5cc(O)cc(O)c5-c5cc3ccc5O)[C@H](O)c3ccc(c(Cl)c3)O4)O[C@H](CN)[C@@H](O)[C@@H]2O)O[C@@H](C)[C@H]1O. The highest BCUT2D eigenvalue weighted by Gasteiger charge is 2.52. The van der Waals surface area contributed by atoms with Gasteiger partial charge in [0.25, 0.3) is 0 Å². The first-order chi connectivity index (χ1) is 58.3. The molecule has 8 amide bonds. The molecule has 36 nitrogen and oxygen atoms in total. The first-order valence-corrected chi connectivity index (χ1v) is 41.8. The van der Waals surface area contributed by atoms with Crippen LogP contribution in [0.5, 0.6) is 46.0 Å². The molecule has 5 aromatic carbocycles. The molecule has 662 valence electrons. The van der Waals surface area contributed by atoms with Crippen molar-refractivity contribution in [2.45, 2.75) is 227 Å². The fourth-order valence-corrected chi connectivity index (χ4v) is 16.1. The summed E-state index contributed by atoms with van der Waals surface area (Å²) in [6.07, 6.45) is -3.09. The number of nitrogens with two attached hydrogens (primary N) is 2. The van der Waals surface area contributed by atoms with Crippen molar-refractivity contribution < 1.29 is 108 Å². The topological polar surface area (TPSA) is 544 Å². The maximum absolute atomic E-state index is 16.4. The number of nitrogens with one attached hydrogen (secondary N) is 10. The van der Waals surface area contributed by atoms with Crippen LogP contribution in [-0.2, 0) is 59.1 Å². The quantitative estimate of drug-likeness (QED) is 0.0285. The Morgan fingerprint density at radius 1 is 0.697 bits per heavy atom. The minimum atomic E-state index is -2.32. The van der Waals surface area contributed by atoms with Gasteiger partial charge < -0.3 is 138 Å². The van der Waals surface area contributed by atoms with Crippen LogP contribution in [0.15, 0.2) is 97.6 Å². The lowest BCUT2D eigenvalue weighted by molar-refractivity contribution is -0.331. The zero-order chi connectivity index (χ0) is 88.0. The smallest absolute Gasteiger partial charge is 0.248 e. The van der Waals surface area contributed by atoms with E-state index in [4.69, 9.17) is 63.1 Å². The number of phenolic OH excluding ortho intramolecular Hbond substituents is 3. The van der Waals surface area contributed by atoms with E-state index in [2.05, 4.69) is 65.1 Å². The second-order valence-electron chi connectivity index (χ2n) is 31.9. The first-order valence-electron chi connectivity index (χ1n) is 41.0. The molecule has 38 heteroatoms. The first kappa shape index (κ1) is 92.7. The number of phenols is 3. The number of hydrogen-bond donors (Lipinski definition) is 20. The highest BCUT2D eigenvalue weighted by atomic mass is 35.5. The summed E-state index contributed by atoms with van der Waals surface area (Å²) < 4.78 is 41.7. The Bertz CT molecular complexity index is 4710. The van der Waals surface area contributed by atoms with E-state index in [0.717, 1.165) is 74.3 Å². The maximum atomic E-state index is 16.4. The van der Waals surface area contributed by atoms with Crippen LogP contribution in [0, 0.1) is 5.92 Å². The number of aromatic hydroxyl groups is 3. The van der Waals surface area contributed by atoms with Crippen LogP contribution in [0.25, 0.3) is 11.1 Å². The van der Waals surface area contributed by atoms with Gasteiger partial charge in [0.2, 0.25) is 59.3 Å². The van der Waals surface area contributed by atoms with Gasteiger partial charge in [-0.25, -0.2) is 4.98 Å². The molecular formula is C84H110Cl2N14O22. The summed E-state index contributed by atoms with van der Waals surface area (Å²) in [5.41, 5.74) is 8.80. The molecule has 122 heavy (non-hydrogen) atoms. The van der Waals surface area contributed by atoms with Crippen LogP contribution in [0.2, 0.25) is 10.0 Å². The van der Waals surface area contributed by atoms with E-state index in [9.17, 15) is 55.2 Å². The van der Waals surface area contributed by atoms with Gasteiger partial charge >= 0.3 is 0 Å². The number of ether oxygens (including phenoxy) is 6. The molecule has 0 spiro atoms. The number of nitrogens with zero attached hydrogens (tertiary/aromatic N) is 2. The maximum Gasteiger partial charge on any atom is 0.248 e. The molecule has 8 heterocycles. The Kier molecular flexibility index (Phi) is 31.8. The van der Waals surface area contributed by atoms with E-state index in [-0.39, 0.29) is 74.7 Å². The number of carbonyl (C=O) groups is 8. The Hall–Kier alpha value is -10.0. The van der Waals surface area contributed by atoms with Gasteiger partial charge in [-0.1, -0.05) is 107 Å². The van der Waals surface area contributed by atoms with Gasteiger partial charge in [-0.05, 0) is 135 Å². The number of halogens is 2. The molecule has 6 aromatic rings. The van der Waals surface area contributed by atoms with Gasteiger partial charge in [-0.2, -0.15) is 0 Å². The van der Waals surface area contributed by atoms with E-state index >= 15 is 24.0 Å². The molecule has 11 bridgehead atoms. The fourth-order valence-electron chi connectivity index (χ4n) is 15.6. The molecule has 18 atom stereocenters. The highest BCUT2D eigenvalue weighted by Crippen LogP contribution is 2.50. The molecule has 0 unspecified atom stereocenters. The summed E-state index contributed by atoms with van der Waals surface area (Å²) in [4.78, 5) is 125. The number of imidazole rings is 1. The Morgan fingerprint density at radius 3 is 1.98 bits per heavy atom. The van der Waals surface area contributed by atoms with E-state index < -0.39 is 215 Å². The number of rotatable bonds is 30. The summed E-state index contributed by atoms with van der Waals surface area (Å²) in [6, 6.07) is 0.847. The van der Waals surface area contributed by atoms with Crippen LogP contribution in [0.4, 0.5) is 0 Å². The third-order valence-electron chi connectivity index (χ3n) is 22.3. The average Bonchev–Trinajstić information content (AvgIpc) is 1.33. The molecule has 0 aliphatic carbocycles. The molecule has 0 saturated carbocycles. The normalized spacial score (nSPS) is 26.4. The van der Waals surface area contributed by atoms with Crippen molar-refractivity contribution in [1.82, 2.24) is 62.7 Å². The van der Waals surface area contributed by atoms with Crippen molar-refractivity contribution in [2.75, 3.05) is 39.8 Å². The van der Waals surface area contributed by atoms with Crippen LogP contribution < -0.4 is 78.8 Å². The zero-order valence-electron chi connectivity index (χ0n) is 68.5. The lowest BCUT2D eigenvalue weighted by Gasteiger charge is -2.48. The lowest BCUT2D eigenvalue weighted by atomic mass is 9.85. The number of amides is 8. The third-order valence-corrected chi connectivity index (χ3v) is 22.9. The van der Waals surface area contributed by atoms with E-state index in [0.29, 0.717) is 26.1 Å². The fraction of sp³-hybridized carbons (Fsp3) is 0.512. The summed E-state index contributed by atoms with van der Waals surface area (Å²) in [5, 5.41) is 123. The van der Waals surface area contributed by atoms with Crippen molar-refractivity contribution in [2.24, 2.45) is 17.4 Å². The van der Waals surface area contributed by atoms with Gasteiger partial charge in [-0.3, -0.25) is 38.4 Å². The molecular weight excluding hydrogens is 1630 g/mol. The van der Waals surface area contributed by atoms with Gasteiger partial charge in [0.05, 0.1) is 41.0 Å². The highest BCUT2D eigenvalue weighted by molar-refractivity contribution is 6.32. The van der Waals surface area contributed by atoms with Crippen molar-refractivity contribution in [1.29, 1.82) is 0 Å². The van der Waals surface area contributed by atoms with Crippen molar-refractivity contribution in [3.63, 3.8) is 0 Å². The number of aryl methyl sites for hydroxylation is 1. The molecule has 7 aliphatic heterocycles. The molecule has 13 rings (SSSR count). The number of likely N-dealkylation sites (N-methyl/N-ethyl adjacent to an activating group) is 1. The predicted molar refractivity (Wildman–Crippen MR) is 443 cm³/mol. The summed E-state index contributed by atoms with van der Waals surface area (Å²) >= 11 is 14.5. The summed E-state index contributed by atoms with van der Waals surface area (Å²) in [5.74, 6) is -14.2. The van der Waals surface area contributed by atoms with Crippen molar-refractivity contribution >= 4 is 70.5 Å². The number of carbonyl (C=O) groups excluding carboxylic acids is 8. The number of aliphatic hydroxyl groups is 5. The molecule has 22 N–H and O–H groups in total. The molecule has 1 aromatic heterocycles. The van der Waals surface area contributed by atoms with Crippen LogP contribution in [-0.4, -0.2) is 216 Å². The van der Waals surface area contributed by atoms with Crippen LogP contribution in [0.3, 0.4) is 0 Å². The van der Waals surface area contributed by atoms with Crippen molar-refractivity contribution in [3.05, 3.63) is 135 Å². The van der Waals surface area contributed by atoms with Gasteiger partial charge in [0.15, 0.2) is 23.9 Å². The molecule has 7 aliphatic rings. The van der Waals surface area contributed by atoms with E-state index in [1.807, 2.05) is 13.8 Å². The largest absolute Gasteiger partial charge is 0.508 e. The van der Waals surface area contributed by atoms with E-state index in [1.165, 1.54) is 69.5 Å². The number of benzene rings is 5. The summed E-state index contributed by atoms with van der Waals surface area (Å²) in [7, 11) is 1.49. The van der Waals surface area contributed by atoms with E-state index in [1.54, 1.807) is 37.1 Å². The van der Waals surface area contributed by atoms with Crippen molar-refractivity contribution in [3.8, 4) is 57.1 Å². The number of unbranched alkanes of at least 4 members (excludes halogenated alkanes) is 7. The Labute approximate surface area is 714 Å². The zero-order valence-corrected chi connectivity index (χ0v) is 70.0. The monoisotopic (exact) mass is 1740 g/mol. The molecule has 2 fully saturated rings. The number of aliphatic hydroxyl groups excluding tert-OH is 5. The standard InChI is InChI=1S/C84H110Cl2N14O22/c1-7-8-9-10-11-12-13-14-22-90-24-25-93-84(5)38-62(117-42(4)75(84)109)121-74-72(108)71(107)60(39-87)120-83(74)122-73-58-33-46-34-59(73)119-57-21-18-45(32-51(57)86)70(106)68-82(116)97-66(78(112)92-23-15-27-100-28-26-91-40-100)49-35-47(101)36-55(103)63(49)48-30-43(16-19-54(48)102)64(79(113)99-68)96-80(114)65(46)95-77(111)53(37-61(88)104)94-81(115)67(98-76(110)52(89-6)29-41(2)3)69(105)44-17-20-56(118-58)50(85)31-44/h16-21,26,28,30-36,40-42,52-53,60,62,64-72,74-75,83,89-90,93,101-103,105-109H,7-15,22-25,27,29,37-39,87H2,1-6H3,(H2,88,104)(H,92,112)(H,94,115)(H,95,111)(H,96,114)(H,97,116)(H,98,110)(H,99,113)/t42-,52+,53-,60+,62-,64+,65+,66-,67+,68-,69+,70+,71+,72-,74+,75+,83-,84-/m0/s1. The number of aromatic nitrogens is 2. The van der Waals surface area contributed by atoms with Gasteiger partial charge in [0.1, 0.15) is 95.5 Å². The third kappa shape index (κ3) is 22.5. The minimum Gasteiger partial charge on any atom is -0.508 e. The molecule has 2 saturated heterocycles. The lowest BCUT2D eigenvalue weighted by Crippen LogP contribution is -2.66. The Morgan fingerprint density at radius 2 is 1.34 bits per heavy atom. The Balaban J connectivity index is 1.07. The number of primary amides is 1. The van der Waals surface area contributed by atoms with Crippen LogP contribution in [0.1, 0.15) is 170 Å². The number of fused-ring (bicyclic) bond motifs is 15. The van der Waals surface area contributed by atoms with Gasteiger partial charge in [0, 0.05) is 74.3 Å². The van der Waals surface area contributed by atoms with Crippen LogP contribution >= 0.6 is 23.2 Å². The minimum absolute atomic E-state index is 0.0415.